The van der Waals surface area contributed by atoms with Gasteiger partial charge in [-0.1, -0.05) is 11.6 Å². The number of nitrogens with zero attached hydrogens (tertiary/aromatic N) is 2. The van der Waals surface area contributed by atoms with Crippen molar-refractivity contribution < 1.29 is 33.4 Å². The van der Waals surface area contributed by atoms with E-state index < -0.39 is 10.2 Å². The van der Waals surface area contributed by atoms with E-state index in [1.54, 1.807) is 0 Å². The zero-order valence-electron chi connectivity index (χ0n) is 11.4. The number of aryl methyl sites for hydroxylation is 2. The Morgan fingerprint density at radius 2 is 1.75 bits per heavy atom. The van der Waals surface area contributed by atoms with Gasteiger partial charge in [-0.05, 0) is 26.0 Å². The summed E-state index contributed by atoms with van der Waals surface area (Å²) in [6.07, 6.45) is 0. The van der Waals surface area contributed by atoms with E-state index in [9.17, 15) is 0 Å². The summed E-state index contributed by atoms with van der Waals surface area (Å²) in [5.41, 5.74) is 2.49. The molecule has 0 saturated heterocycles. The average molecular weight is 323 g/mol. The number of fused-ring (bicyclic) bond motifs is 1. The van der Waals surface area contributed by atoms with Gasteiger partial charge in [0.05, 0.1) is 13.1 Å². The first-order valence-corrected chi connectivity index (χ1v) is 7.60. The molecule has 0 bridgehead atoms. The fourth-order valence-corrected chi connectivity index (χ4v) is 2.40. The molecule has 20 heavy (non-hydrogen) atoms. The van der Waals surface area contributed by atoms with E-state index in [2.05, 4.69) is 36.0 Å². The second kappa shape index (κ2) is 6.71. The van der Waals surface area contributed by atoms with Crippen molar-refractivity contribution in [3.8, 4) is 0 Å². The maximum atomic E-state index is 8.49. The van der Waals surface area contributed by atoms with Gasteiger partial charge in [-0.15, -0.1) is 10.2 Å². The van der Waals surface area contributed by atoms with Crippen LogP contribution in [0, 0.1) is 17.2 Å². The molecule has 1 heterocycles. The van der Waals surface area contributed by atoms with Crippen LogP contribution in [0.15, 0.2) is 18.2 Å². The van der Waals surface area contributed by atoms with Crippen molar-refractivity contribution in [3.63, 3.8) is 0 Å². The van der Waals surface area contributed by atoms with Gasteiger partial charge >= 0.3 is 0 Å². The van der Waals surface area contributed by atoms with Crippen molar-refractivity contribution in [1.29, 1.82) is 0 Å². The smallest absolute Gasteiger partial charge is 0.228 e. The van der Waals surface area contributed by atoms with Crippen LogP contribution in [0.25, 0.3) is 11.0 Å². The predicted octanol–water partition coefficient (Wildman–Crippen LogP) is -1.83. The van der Waals surface area contributed by atoms with E-state index in [0.717, 1.165) is 18.1 Å². The summed E-state index contributed by atoms with van der Waals surface area (Å²) in [6.45, 7) is 8.46. The molecule has 8 heteroatoms. The quantitative estimate of drug-likeness (QED) is 0.607. The van der Waals surface area contributed by atoms with Crippen LogP contribution in [0.1, 0.15) is 19.7 Å². The molecular weight excluding hydrogens is 307 g/mol. The summed E-state index contributed by atoms with van der Waals surface area (Å²) in [6, 6.07) is 6.09. The number of aromatic nitrogens is 2. The van der Waals surface area contributed by atoms with Gasteiger partial charge in [-0.25, -0.2) is 27.8 Å². The Morgan fingerprint density at radius 1 is 1.20 bits per heavy atom. The van der Waals surface area contributed by atoms with Crippen molar-refractivity contribution in [3.05, 3.63) is 29.0 Å². The molecule has 0 aliphatic rings. The van der Waals surface area contributed by atoms with Gasteiger partial charge in [0, 0.05) is 18.0 Å². The number of benzene rings is 1. The molecule has 0 atom stereocenters. The topological polar surface area (TPSA) is 101 Å². The Labute approximate surface area is 124 Å². The highest BCUT2D eigenvalue weighted by Gasteiger charge is 2.19. The van der Waals surface area contributed by atoms with Gasteiger partial charge in [-0.3, -0.25) is 0 Å². The highest BCUT2D eigenvalue weighted by Crippen LogP contribution is 2.19. The minimum Gasteiger partial charge on any atom is -0.228 e. The van der Waals surface area contributed by atoms with E-state index in [4.69, 9.17) is 30.2 Å². The average Bonchev–Trinajstić information content (AvgIpc) is 2.57. The number of hydrogen-bond acceptors (Lipinski definition) is 4. The summed E-state index contributed by atoms with van der Waals surface area (Å²) in [5, 5.41) is 0.804. The number of rotatable bonds is 2. The Kier molecular flexibility index (Phi) is 5.76. The minimum atomic E-state index is -4.94. The standard InChI is InChI=1S/C12H16ClN2.ClHO4/c1-4-14-9(3)15(5-2)12-8-10(13)6-7-11(12)14;2-1(3,4)5/h6-8H,4-5H2,1-3H3;(H,2,3,4,5)/q+1;/p-1. The third-order valence-electron chi connectivity index (χ3n) is 2.93. The first kappa shape index (κ1) is 17.2. The Morgan fingerprint density at radius 3 is 2.20 bits per heavy atom. The largest absolute Gasteiger partial charge is 0.254 e. The SMILES string of the molecule is CCn1c(C)[n+](CC)c2ccc(Cl)cc21.[O-][Cl+3]([O-])([O-])[O-]. The van der Waals surface area contributed by atoms with Crippen molar-refractivity contribution in [2.24, 2.45) is 0 Å². The summed E-state index contributed by atoms with van der Waals surface area (Å²) in [7, 11) is -4.94. The molecule has 0 spiro atoms. The molecule has 1 aromatic heterocycles. The molecular formula is C12H16Cl2N2O4. The Balaban J connectivity index is 0.000000347. The highest BCUT2D eigenvalue weighted by molar-refractivity contribution is 6.31. The van der Waals surface area contributed by atoms with Crippen LogP contribution in [-0.2, 0) is 13.1 Å². The predicted molar refractivity (Wildman–Crippen MR) is 63.2 cm³/mol. The molecule has 2 aromatic rings. The first-order valence-electron chi connectivity index (χ1n) is 5.99. The summed E-state index contributed by atoms with van der Waals surface area (Å²) in [4.78, 5) is 0. The molecule has 0 N–H and O–H groups in total. The second-order valence-electron chi connectivity index (χ2n) is 4.05. The van der Waals surface area contributed by atoms with Crippen LogP contribution in [-0.4, -0.2) is 4.57 Å². The molecule has 0 unspecified atom stereocenters. The van der Waals surface area contributed by atoms with Crippen LogP contribution < -0.4 is 23.2 Å². The molecule has 0 radical (unpaired) electrons. The second-order valence-corrected chi connectivity index (χ2v) is 5.24. The molecule has 0 aliphatic heterocycles. The van der Waals surface area contributed by atoms with Gasteiger partial charge in [0.25, 0.3) is 5.82 Å². The van der Waals surface area contributed by atoms with Crippen molar-refractivity contribution >= 4 is 22.6 Å². The van der Waals surface area contributed by atoms with Crippen LogP contribution >= 0.6 is 11.6 Å². The number of hydrogen-bond donors (Lipinski definition) is 0. The Bertz CT molecular complexity index is 587. The van der Waals surface area contributed by atoms with Crippen molar-refractivity contribution in [2.75, 3.05) is 0 Å². The number of imidazole rings is 1. The van der Waals surface area contributed by atoms with E-state index in [-0.39, 0.29) is 0 Å². The van der Waals surface area contributed by atoms with Crippen LogP contribution in [0.5, 0.6) is 0 Å². The van der Waals surface area contributed by atoms with Gasteiger partial charge in [-0.2, -0.15) is 0 Å². The lowest BCUT2D eigenvalue weighted by atomic mass is 10.3. The van der Waals surface area contributed by atoms with Gasteiger partial charge in [0.2, 0.25) is 0 Å². The molecule has 1 aromatic carbocycles. The molecule has 112 valence electrons. The lowest BCUT2D eigenvalue weighted by Crippen LogP contribution is -2.68. The fraction of sp³-hybridized carbons (Fsp3) is 0.417. The van der Waals surface area contributed by atoms with E-state index in [1.807, 2.05) is 12.1 Å². The van der Waals surface area contributed by atoms with E-state index in [0.29, 0.717) is 0 Å². The maximum Gasteiger partial charge on any atom is 0.254 e. The highest BCUT2D eigenvalue weighted by atomic mass is 35.7. The van der Waals surface area contributed by atoms with Gasteiger partial charge < -0.3 is 0 Å². The summed E-state index contributed by atoms with van der Waals surface area (Å²) >= 11 is 6.03. The lowest BCUT2D eigenvalue weighted by molar-refractivity contribution is -2.00. The van der Waals surface area contributed by atoms with Gasteiger partial charge in [0.15, 0.2) is 11.0 Å². The fourth-order valence-electron chi connectivity index (χ4n) is 2.23. The van der Waals surface area contributed by atoms with Crippen molar-refractivity contribution in [1.82, 2.24) is 4.57 Å². The molecule has 0 aliphatic carbocycles. The third kappa shape index (κ3) is 4.31. The zero-order chi connectivity index (χ0) is 15.5. The first-order chi connectivity index (χ1) is 9.19. The summed E-state index contributed by atoms with van der Waals surface area (Å²) in [5.74, 6) is 1.29. The minimum absolute atomic E-state index is 0.804. The summed E-state index contributed by atoms with van der Waals surface area (Å²) < 4.78 is 38.6. The van der Waals surface area contributed by atoms with Crippen LogP contribution in [0.4, 0.5) is 0 Å². The molecule has 0 saturated carbocycles. The van der Waals surface area contributed by atoms with E-state index >= 15 is 0 Å². The van der Waals surface area contributed by atoms with E-state index in [1.165, 1.54) is 16.9 Å². The van der Waals surface area contributed by atoms with Crippen LogP contribution in [0.3, 0.4) is 0 Å². The Hall–Kier alpha value is -0.890. The molecule has 0 amide bonds. The molecule has 2 rings (SSSR count). The lowest BCUT2D eigenvalue weighted by Gasteiger charge is -2.17. The third-order valence-corrected chi connectivity index (χ3v) is 3.17. The van der Waals surface area contributed by atoms with Gasteiger partial charge in [0.1, 0.15) is 0 Å². The van der Waals surface area contributed by atoms with Crippen molar-refractivity contribution in [2.45, 2.75) is 33.9 Å². The molecule has 0 fully saturated rings. The molecule has 6 nitrogen and oxygen atoms in total. The maximum absolute atomic E-state index is 8.49. The zero-order valence-corrected chi connectivity index (χ0v) is 12.9. The monoisotopic (exact) mass is 322 g/mol. The normalized spacial score (nSPS) is 11.4. The van der Waals surface area contributed by atoms with Crippen LogP contribution in [0.2, 0.25) is 5.02 Å². The number of halogens is 2.